The Balaban J connectivity index is 1.42. The largest absolute Gasteiger partial charge is 0.324 e. The number of hydrogen-bond acceptors (Lipinski definition) is 7. The number of tetrazole rings is 1. The van der Waals surface area contributed by atoms with Crippen molar-refractivity contribution in [1.82, 2.24) is 20.2 Å². The van der Waals surface area contributed by atoms with Gasteiger partial charge < -0.3 is 5.32 Å². The molecule has 1 heterocycles. The van der Waals surface area contributed by atoms with Gasteiger partial charge in [-0.05, 0) is 68.9 Å². The summed E-state index contributed by atoms with van der Waals surface area (Å²) in [6.45, 7) is 6.31. The van der Waals surface area contributed by atoms with E-state index in [4.69, 9.17) is 23.2 Å². The Morgan fingerprint density at radius 1 is 0.974 bits per heavy atom. The summed E-state index contributed by atoms with van der Waals surface area (Å²) < 4.78 is 24.9. The third-order valence-electron chi connectivity index (χ3n) is 5.67. The first kappa shape index (κ1) is 28.1. The van der Waals surface area contributed by atoms with Crippen molar-refractivity contribution in [1.29, 1.82) is 0 Å². The molecule has 1 amide bonds. The molecule has 0 saturated heterocycles. The molecule has 3 aromatic carbocycles. The van der Waals surface area contributed by atoms with Gasteiger partial charge in [0.25, 0.3) is 0 Å². The van der Waals surface area contributed by atoms with E-state index in [1.54, 1.807) is 42.5 Å². The first-order valence-electron chi connectivity index (χ1n) is 11.4. The van der Waals surface area contributed by atoms with E-state index < -0.39 is 9.84 Å². The number of anilines is 1. The number of hydrogen-bond donors (Lipinski definition) is 1. The van der Waals surface area contributed by atoms with Crippen molar-refractivity contribution in [3.63, 3.8) is 0 Å². The average Bonchev–Trinajstić information content (AvgIpc) is 3.31. The smallest absolute Gasteiger partial charge is 0.234 e. The first-order chi connectivity index (χ1) is 17.8. The molecule has 4 rings (SSSR count). The molecule has 4 aromatic rings. The van der Waals surface area contributed by atoms with Gasteiger partial charge in [0.15, 0.2) is 9.84 Å². The van der Waals surface area contributed by atoms with Gasteiger partial charge in [0.2, 0.25) is 11.1 Å². The number of carbonyl (C=O) groups excluding carboxylic acids is 1. The Morgan fingerprint density at radius 2 is 1.66 bits per heavy atom. The topological polar surface area (TPSA) is 107 Å². The molecule has 0 unspecified atom stereocenters. The zero-order valence-electron chi connectivity index (χ0n) is 21.1. The van der Waals surface area contributed by atoms with Crippen molar-refractivity contribution in [2.24, 2.45) is 0 Å². The summed E-state index contributed by atoms with van der Waals surface area (Å²) in [6, 6.07) is 17.5. The molecule has 0 aliphatic heterocycles. The molecule has 198 valence electrons. The van der Waals surface area contributed by atoms with Gasteiger partial charge in [-0.1, -0.05) is 80.0 Å². The molecule has 38 heavy (non-hydrogen) atoms. The number of nitrogens with zero attached hydrogens (tertiary/aromatic N) is 4. The number of rotatable bonds is 7. The van der Waals surface area contributed by atoms with E-state index in [-0.39, 0.29) is 22.0 Å². The second kappa shape index (κ2) is 11.1. The average molecular weight is 591 g/mol. The maximum atomic E-state index is 12.7. The van der Waals surface area contributed by atoms with Crippen molar-refractivity contribution >= 4 is 56.4 Å². The van der Waals surface area contributed by atoms with E-state index in [1.165, 1.54) is 16.4 Å². The standard InChI is InChI=1S/C26H25Cl2N5O3S2/c1-26(2,3)18-8-12-23(21(28)14-18)33-25(30-31-32-33)37-15-24(34)29-22-11-7-17(13-20(22)27)16-5-9-19(10-6-16)38(4,35)36/h5-14H,15H2,1-4H3,(H,29,34). The van der Waals surface area contributed by atoms with E-state index in [0.29, 0.717) is 26.6 Å². The van der Waals surface area contributed by atoms with E-state index >= 15 is 0 Å². The number of benzene rings is 3. The van der Waals surface area contributed by atoms with Crippen LogP contribution in [0.15, 0.2) is 70.7 Å². The van der Waals surface area contributed by atoms with Crippen LogP contribution in [0.2, 0.25) is 10.0 Å². The fourth-order valence-electron chi connectivity index (χ4n) is 3.57. The highest BCUT2D eigenvalue weighted by molar-refractivity contribution is 7.99. The maximum absolute atomic E-state index is 12.7. The molecule has 0 fully saturated rings. The molecular formula is C26H25Cl2N5O3S2. The molecule has 0 bridgehead atoms. The Labute approximate surface area is 235 Å². The zero-order valence-corrected chi connectivity index (χ0v) is 24.2. The summed E-state index contributed by atoms with van der Waals surface area (Å²) >= 11 is 14.1. The van der Waals surface area contributed by atoms with Crippen molar-refractivity contribution in [3.05, 3.63) is 76.3 Å². The zero-order chi connectivity index (χ0) is 27.7. The van der Waals surface area contributed by atoms with Gasteiger partial charge in [-0.2, -0.15) is 4.68 Å². The van der Waals surface area contributed by atoms with Crippen molar-refractivity contribution in [2.45, 2.75) is 36.2 Å². The SMILES string of the molecule is CC(C)(C)c1ccc(-n2nnnc2SCC(=O)Nc2ccc(-c3ccc(S(C)(=O)=O)cc3)cc2Cl)c(Cl)c1. The van der Waals surface area contributed by atoms with Crippen LogP contribution in [0.3, 0.4) is 0 Å². The van der Waals surface area contributed by atoms with E-state index in [2.05, 4.69) is 41.6 Å². The third-order valence-corrected chi connectivity index (χ3v) is 8.34. The van der Waals surface area contributed by atoms with Gasteiger partial charge in [0, 0.05) is 6.26 Å². The molecular weight excluding hydrogens is 565 g/mol. The lowest BCUT2D eigenvalue weighted by Gasteiger charge is -2.20. The number of carbonyl (C=O) groups is 1. The highest BCUT2D eigenvalue weighted by Crippen LogP contribution is 2.32. The van der Waals surface area contributed by atoms with Crippen LogP contribution in [0.1, 0.15) is 26.3 Å². The lowest BCUT2D eigenvalue weighted by Crippen LogP contribution is -2.15. The number of amides is 1. The van der Waals surface area contributed by atoms with Gasteiger partial charge in [0.1, 0.15) is 0 Å². The number of nitrogens with one attached hydrogen (secondary N) is 1. The molecule has 1 N–H and O–H groups in total. The fourth-order valence-corrected chi connectivity index (χ4v) is 5.37. The molecule has 0 aliphatic carbocycles. The molecule has 0 aliphatic rings. The highest BCUT2D eigenvalue weighted by atomic mass is 35.5. The van der Waals surface area contributed by atoms with Crippen LogP contribution in [0.5, 0.6) is 0 Å². The van der Waals surface area contributed by atoms with Gasteiger partial charge in [-0.15, -0.1) is 5.10 Å². The normalized spacial score (nSPS) is 11.9. The van der Waals surface area contributed by atoms with Crippen molar-refractivity contribution in [3.8, 4) is 16.8 Å². The summed E-state index contributed by atoms with van der Waals surface area (Å²) in [5.74, 6) is -0.241. The second-order valence-corrected chi connectivity index (χ2v) is 13.4. The number of halogens is 2. The van der Waals surface area contributed by atoms with Gasteiger partial charge in [-0.3, -0.25) is 4.79 Å². The molecule has 0 atom stereocenters. The Kier molecular flexibility index (Phi) is 8.17. The molecule has 0 saturated carbocycles. The van der Waals surface area contributed by atoms with Crippen LogP contribution >= 0.6 is 35.0 Å². The number of aromatic nitrogens is 4. The van der Waals surface area contributed by atoms with Crippen LogP contribution in [0.4, 0.5) is 5.69 Å². The first-order valence-corrected chi connectivity index (χ1v) is 15.1. The van der Waals surface area contributed by atoms with Crippen molar-refractivity contribution in [2.75, 3.05) is 17.3 Å². The number of thioether (sulfide) groups is 1. The van der Waals surface area contributed by atoms with E-state index in [1.807, 2.05) is 18.2 Å². The summed E-state index contributed by atoms with van der Waals surface area (Å²) in [5.41, 5.74) is 3.69. The van der Waals surface area contributed by atoms with Gasteiger partial charge in [0.05, 0.1) is 32.1 Å². The Morgan fingerprint density at radius 3 is 2.26 bits per heavy atom. The van der Waals surface area contributed by atoms with Crippen LogP contribution in [0.25, 0.3) is 16.8 Å². The van der Waals surface area contributed by atoms with Gasteiger partial charge in [-0.25, -0.2) is 8.42 Å². The van der Waals surface area contributed by atoms with Crippen molar-refractivity contribution < 1.29 is 13.2 Å². The number of sulfone groups is 1. The molecule has 0 radical (unpaired) electrons. The minimum absolute atomic E-state index is 0.0447. The van der Waals surface area contributed by atoms with E-state index in [0.717, 1.165) is 22.9 Å². The summed E-state index contributed by atoms with van der Waals surface area (Å²) in [4.78, 5) is 12.9. The summed E-state index contributed by atoms with van der Waals surface area (Å²) in [6.07, 6.45) is 1.16. The van der Waals surface area contributed by atoms with Crippen LogP contribution in [0, 0.1) is 0 Å². The lowest BCUT2D eigenvalue weighted by molar-refractivity contribution is -0.113. The van der Waals surface area contributed by atoms with Crippen LogP contribution < -0.4 is 5.32 Å². The predicted octanol–water partition coefficient (Wildman–Crippen LogP) is 6.07. The Bertz CT molecular complexity index is 1600. The molecule has 8 nitrogen and oxygen atoms in total. The monoisotopic (exact) mass is 589 g/mol. The minimum atomic E-state index is -3.28. The van der Waals surface area contributed by atoms with Gasteiger partial charge >= 0.3 is 0 Å². The maximum Gasteiger partial charge on any atom is 0.234 e. The Hall–Kier alpha value is -2.92. The lowest BCUT2D eigenvalue weighted by atomic mass is 9.87. The van der Waals surface area contributed by atoms with Crippen LogP contribution in [-0.2, 0) is 20.0 Å². The quantitative estimate of drug-likeness (QED) is 0.261. The fraction of sp³-hybridized carbons (Fsp3) is 0.231. The molecule has 12 heteroatoms. The minimum Gasteiger partial charge on any atom is -0.324 e. The summed E-state index contributed by atoms with van der Waals surface area (Å²) in [7, 11) is -3.28. The predicted molar refractivity (Wildman–Crippen MR) is 152 cm³/mol. The highest BCUT2D eigenvalue weighted by Gasteiger charge is 2.19. The summed E-state index contributed by atoms with van der Waals surface area (Å²) in [5, 5.41) is 15.9. The second-order valence-electron chi connectivity index (χ2n) is 9.62. The molecule has 1 aromatic heterocycles. The third kappa shape index (κ3) is 6.55. The molecule has 0 spiro atoms. The van der Waals surface area contributed by atoms with E-state index in [9.17, 15) is 13.2 Å². The van der Waals surface area contributed by atoms with Crippen LogP contribution in [-0.4, -0.2) is 46.5 Å².